The van der Waals surface area contributed by atoms with E-state index in [4.69, 9.17) is 5.73 Å². The number of aliphatic carboxylic acids is 1. The van der Waals surface area contributed by atoms with Crippen LogP contribution in [0.4, 0.5) is 0 Å². The fourth-order valence-corrected chi connectivity index (χ4v) is 2.80. The maximum atomic E-state index is 12.8. The number of nitrogens with two attached hydrogens (primary N) is 1. The molecule has 7 nitrogen and oxygen atoms in total. The normalized spacial score (nSPS) is 15.4. The molecule has 0 saturated carbocycles. The van der Waals surface area contributed by atoms with Crippen LogP contribution in [0.25, 0.3) is 0 Å². The molecule has 0 aliphatic heterocycles. The molecule has 1 aromatic carbocycles. The zero-order chi connectivity index (χ0) is 21.3. The first-order valence-electron chi connectivity index (χ1n) is 9.78. The number of carbonyl (C=O) groups is 3. The van der Waals surface area contributed by atoms with Gasteiger partial charge in [-0.1, -0.05) is 64.4 Å². The smallest absolute Gasteiger partial charge is 0.326 e. The second kappa shape index (κ2) is 11.4. The van der Waals surface area contributed by atoms with Gasteiger partial charge in [-0.15, -0.1) is 0 Å². The first kappa shape index (κ1) is 23.6. The summed E-state index contributed by atoms with van der Waals surface area (Å²) in [5.41, 5.74) is 6.85. The fourth-order valence-electron chi connectivity index (χ4n) is 2.80. The molecule has 0 aromatic heterocycles. The van der Waals surface area contributed by atoms with Gasteiger partial charge in [0.1, 0.15) is 12.1 Å². The first-order chi connectivity index (χ1) is 13.1. The Labute approximate surface area is 167 Å². The van der Waals surface area contributed by atoms with Crippen LogP contribution in [0.3, 0.4) is 0 Å². The zero-order valence-corrected chi connectivity index (χ0v) is 17.1. The number of rotatable bonds is 11. The molecule has 4 atom stereocenters. The van der Waals surface area contributed by atoms with E-state index < -0.39 is 35.9 Å². The number of nitrogens with one attached hydrogen (secondary N) is 2. The van der Waals surface area contributed by atoms with Crippen molar-refractivity contribution in [2.75, 3.05) is 0 Å². The summed E-state index contributed by atoms with van der Waals surface area (Å²) in [6, 6.07) is 6.60. The summed E-state index contributed by atoms with van der Waals surface area (Å²) in [5.74, 6) is -1.97. The number of hydrogen-bond acceptors (Lipinski definition) is 4. The van der Waals surface area contributed by atoms with Crippen LogP contribution in [-0.2, 0) is 20.8 Å². The molecule has 7 heteroatoms. The highest BCUT2D eigenvalue weighted by Crippen LogP contribution is 2.10. The van der Waals surface area contributed by atoms with E-state index in [9.17, 15) is 19.5 Å². The van der Waals surface area contributed by atoms with Crippen LogP contribution in [0.5, 0.6) is 0 Å². The van der Waals surface area contributed by atoms with Gasteiger partial charge in [0.05, 0.1) is 6.04 Å². The molecule has 0 fully saturated rings. The number of carbonyl (C=O) groups excluding carboxylic acids is 2. The van der Waals surface area contributed by atoms with Crippen LogP contribution in [0.1, 0.15) is 46.1 Å². The van der Waals surface area contributed by atoms with Gasteiger partial charge in [0.15, 0.2) is 0 Å². The Kier molecular flexibility index (Phi) is 9.65. The van der Waals surface area contributed by atoms with Crippen molar-refractivity contribution in [1.82, 2.24) is 10.6 Å². The Bertz CT molecular complexity index is 648. The Morgan fingerprint density at radius 1 is 1.00 bits per heavy atom. The molecule has 156 valence electrons. The molecule has 0 saturated heterocycles. The van der Waals surface area contributed by atoms with E-state index in [-0.39, 0.29) is 18.3 Å². The predicted molar refractivity (Wildman–Crippen MR) is 109 cm³/mol. The average molecular weight is 392 g/mol. The molecule has 0 heterocycles. The lowest BCUT2D eigenvalue weighted by molar-refractivity contribution is -0.142. The average Bonchev–Trinajstić information content (AvgIpc) is 2.65. The van der Waals surface area contributed by atoms with Gasteiger partial charge in [0.2, 0.25) is 11.8 Å². The summed E-state index contributed by atoms with van der Waals surface area (Å²) < 4.78 is 0. The lowest BCUT2D eigenvalue weighted by Gasteiger charge is -2.25. The Morgan fingerprint density at radius 3 is 2.07 bits per heavy atom. The lowest BCUT2D eigenvalue weighted by atomic mass is 9.98. The van der Waals surface area contributed by atoms with Crippen LogP contribution < -0.4 is 16.4 Å². The predicted octanol–water partition coefficient (Wildman–Crippen LogP) is 1.70. The van der Waals surface area contributed by atoms with Gasteiger partial charge < -0.3 is 21.5 Å². The van der Waals surface area contributed by atoms with Crippen molar-refractivity contribution in [3.8, 4) is 0 Å². The number of benzene rings is 1. The minimum Gasteiger partial charge on any atom is -0.480 e. The number of hydrogen-bond donors (Lipinski definition) is 4. The third-order valence-electron chi connectivity index (χ3n) is 4.80. The van der Waals surface area contributed by atoms with Gasteiger partial charge in [-0.25, -0.2) is 4.79 Å². The number of carboxylic acids is 1. The fraction of sp³-hybridized carbons (Fsp3) is 0.571. The maximum Gasteiger partial charge on any atom is 0.326 e. The van der Waals surface area contributed by atoms with Gasteiger partial charge >= 0.3 is 5.97 Å². The number of carboxylic acid groups (broad SMARTS) is 1. The van der Waals surface area contributed by atoms with Crippen LogP contribution >= 0.6 is 0 Å². The van der Waals surface area contributed by atoms with E-state index in [1.54, 1.807) is 0 Å². The van der Waals surface area contributed by atoms with Crippen molar-refractivity contribution in [3.05, 3.63) is 35.9 Å². The van der Waals surface area contributed by atoms with Crippen LogP contribution in [-0.4, -0.2) is 41.0 Å². The quantitative estimate of drug-likeness (QED) is 0.457. The van der Waals surface area contributed by atoms with Gasteiger partial charge in [0, 0.05) is 6.42 Å². The molecule has 4 unspecified atom stereocenters. The summed E-state index contributed by atoms with van der Waals surface area (Å²) >= 11 is 0. The molecule has 1 aromatic rings. The molecule has 0 bridgehead atoms. The molecule has 0 spiro atoms. The largest absolute Gasteiger partial charge is 0.480 e. The van der Waals surface area contributed by atoms with Crippen molar-refractivity contribution >= 4 is 17.8 Å². The molecule has 2 amide bonds. The highest BCUT2D eigenvalue weighted by Gasteiger charge is 2.29. The summed E-state index contributed by atoms with van der Waals surface area (Å²) in [6.45, 7) is 7.59. The standard InChI is InChI=1S/C21H33N3O4/c1-5-14(4)18(22)20(26)23-16(12-15-9-7-6-8-10-15)19(25)24-17(21(27)28)11-13(2)3/h6-10,13-14,16-18H,5,11-12,22H2,1-4H3,(H,23,26)(H,24,25)(H,27,28). The van der Waals surface area contributed by atoms with Crippen LogP contribution in [0.15, 0.2) is 30.3 Å². The van der Waals surface area contributed by atoms with Crippen molar-refractivity contribution in [2.45, 2.75) is 65.1 Å². The molecule has 0 aliphatic rings. The molecular weight excluding hydrogens is 358 g/mol. The Morgan fingerprint density at radius 2 is 1.57 bits per heavy atom. The van der Waals surface area contributed by atoms with Gasteiger partial charge in [-0.05, 0) is 23.8 Å². The Hall–Kier alpha value is -2.41. The summed E-state index contributed by atoms with van der Waals surface area (Å²) in [7, 11) is 0. The van der Waals surface area contributed by atoms with E-state index in [1.165, 1.54) is 0 Å². The summed E-state index contributed by atoms with van der Waals surface area (Å²) in [5, 5.41) is 14.7. The van der Waals surface area contributed by atoms with Crippen molar-refractivity contribution in [3.63, 3.8) is 0 Å². The van der Waals surface area contributed by atoms with Gasteiger partial charge in [-0.3, -0.25) is 9.59 Å². The van der Waals surface area contributed by atoms with E-state index in [0.29, 0.717) is 6.42 Å². The minimum atomic E-state index is -1.09. The summed E-state index contributed by atoms with van der Waals surface area (Å²) in [4.78, 5) is 36.8. The molecule has 1 rings (SSSR count). The zero-order valence-electron chi connectivity index (χ0n) is 17.1. The summed E-state index contributed by atoms with van der Waals surface area (Å²) in [6.07, 6.45) is 1.29. The third-order valence-corrected chi connectivity index (χ3v) is 4.80. The lowest BCUT2D eigenvalue weighted by Crippen LogP contribution is -2.56. The molecule has 0 radical (unpaired) electrons. The second-order valence-electron chi connectivity index (χ2n) is 7.69. The third kappa shape index (κ3) is 7.68. The minimum absolute atomic E-state index is 0.0341. The number of amides is 2. The molecule has 0 aliphatic carbocycles. The Balaban J connectivity index is 2.96. The maximum absolute atomic E-state index is 12.8. The van der Waals surface area contributed by atoms with E-state index in [2.05, 4.69) is 10.6 Å². The highest BCUT2D eigenvalue weighted by atomic mass is 16.4. The van der Waals surface area contributed by atoms with Crippen LogP contribution in [0, 0.1) is 11.8 Å². The second-order valence-corrected chi connectivity index (χ2v) is 7.69. The van der Waals surface area contributed by atoms with Crippen molar-refractivity contribution < 1.29 is 19.5 Å². The first-order valence-corrected chi connectivity index (χ1v) is 9.78. The topological polar surface area (TPSA) is 122 Å². The van der Waals surface area contributed by atoms with Gasteiger partial charge in [-0.2, -0.15) is 0 Å². The van der Waals surface area contributed by atoms with Crippen molar-refractivity contribution in [2.24, 2.45) is 17.6 Å². The molecule has 5 N–H and O–H groups in total. The van der Waals surface area contributed by atoms with E-state index >= 15 is 0 Å². The SMILES string of the molecule is CCC(C)C(N)C(=O)NC(Cc1ccccc1)C(=O)NC(CC(C)C)C(=O)O. The van der Waals surface area contributed by atoms with E-state index in [1.807, 2.05) is 58.0 Å². The van der Waals surface area contributed by atoms with E-state index in [0.717, 1.165) is 12.0 Å². The molecule has 28 heavy (non-hydrogen) atoms. The van der Waals surface area contributed by atoms with Crippen LogP contribution in [0.2, 0.25) is 0 Å². The van der Waals surface area contributed by atoms with Gasteiger partial charge in [0.25, 0.3) is 0 Å². The molecular formula is C21H33N3O4. The monoisotopic (exact) mass is 391 g/mol. The highest BCUT2D eigenvalue weighted by molar-refractivity contribution is 5.92. The van der Waals surface area contributed by atoms with Crippen molar-refractivity contribution in [1.29, 1.82) is 0 Å².